The molecule has 1 aromatic carbocycles. The van der Waals surface area contributed by atoms with Gasteiger partial charge < -0.3 is 5.73 Å². The second-order valence-corrected chi connectivity index (χ2v) is 4.68. The molecule has 2 nitrogen and oxygen atoms in total. The summed E-state index contributed by atoms with van der Waals surface area (Å²) < 4.78 is 0. The molecule has 0 aliphatic rings. The maximum absolute atomic E-state index is 7.01. The average Bonchev–Trinajstić information content (AvgIpc) is 2.14. The van der Waals surface area contributed by atoms with Crippen LogP contribution in [0, 0.1) is 5.41 Å². The zero-order chi connectivity index (χ0) is 9.52. The Balaban J connectivity index is 2.17. The number of hydrogen-bond donors (Lipinski definition) is 2. The van der Waals surface area contributed by atoms with Crippen LogP contribution in [0.25, 0.3) is 0 Å². The molecule has 0 radical (unpaired) electrons. The SMILES string of the molecule is N=C(N)SCCSc1ccccc1. The van der Waals surface area contributed by atoms with E-state index in [1.807, 2.05) is 18.2 Å². The topological polar surface area (TPSA) is 49.9 Å². The van der Waals surface area contributed by atoms with Gasteiger partial charge in [-0.2, -0.15) is 0 Å². The largest absolute Gasteiger partial charge is 0.379 e. The summed E-state index contributed by atoms with van der Waals surface area (Å²) in [5, 5.41) is 7.21. The summed E-state index contributed by atoms with van der Waals surface area (Å²) in [4.78, 5) is 1.27. The van der Waals surface area contributed by atoms with Gasteiger partial charge >= 0.3 is 0 Å². The summed E-state index contributed by atoms with van der Waals surface area (Å²) in [7, 11) is 0. The Morgan fingerprint density at radius 2 is 1.92 bits per heavy atom. The van der Waals surface area contributed by atoms with Gasteiger partial charge in [-0.3, -0.25) is 5.41 Å². The molecule has 0 saturated heterocycles. The van der Waals surface area contributed by atoms with Crippen molar-refractivity contribution in [3.05, 3.63) is 30.3 Å². The van der Waals surface area contributed by atoms with Crippen molar-refractivity contribution in [3.63, 3.8) is 0 Å². The van der Waals surface area contributed by atoms with Gasteiger partial charge in [0.2, 0.25) is 0 Å². The first-order valence-electron chi connectivity index (χ1n) is 3.93. The highest BCUT2D eigenvalue weighted by Crippen LogP contribution is 2.17. The molecule has 0 bridgehead atoms. The molecule has 4 heteroatoms. The van der Waals surface area contributed by atoms with Gasteiger partial charge in [-0.15, -0.1) is 11.8 Å². The second kappa shape index (κ2) is 5.94. The minimum Gasteiger partial charge on any atom is -0.379 e. The normalized spacial score (nSPS) is 9.85. The van der Waals surface area contributed by atoms with Crippen LogP contribution in [0.1, 0.15) is 0 Å². The maximum Gasteiger partial charge on any atom is 0.151 e. The number of nitrogens with two attached hydrogens (primary N) is 1. The molecule has 0 amide bonds. The highest BCUT2D eigenvalue weighted by molar-refractivity contribution is 8.14. The van der Waals surface area contributed by atoms with Crippen molar-refractivity contribution in [2.24, 2.45) is 5.73 Å². The molecule has 0 saturated carbocycles. The Bertz CT molecular complexity index is 262. The molecule has 1 rings (SSSR count). The van der Waals surface area contributed by atoms with Crippen molar-refractivity contribution in [2.75, 3.05) is 11.5 Å². The van der Waals surface area contributed by atoms with Crippen LogP contribution in [-0.4, -0.2) is 16.7 Å². The molecule has 0 aromatic heterocycles. The number of hydrogen-bond acceptors (Lipinski definition) is 3. The molecule has 0 spiro atoms. The second-order valence-electron chi connectivity index (χ2n) is 2.37. The quantitative estimate of drug-likeness (QED) is 0.349. The van der Waals surface area contributed by atoms with E-state index in [-0.39, 0.29) is 5.17 Å². The summed E-state index contributed by atoms with van der Waals surface area (Å²) in [5.74, 6) is 1.89. The molecule has 1 aromatic rings. The first kappa shape index (κ1) is 10.5. The van der Waals surface area contributed by atoms with Crippen LogP contribution in [0.5, 0.6) is 0 Å². The van der Waals surface area contributed by atoms with Gasteiger partial charge in [0.15, 0.2) is 5.17 Å². The molecular formula is C9H12N2S2. The predicted octanol–water partition coefficient (Wildman–Crippen LogP) is 2.41. The fourth-order valence-corrected chi connectivity index (χ4v) is 2.30. The third kappa shape index (κ3) is 4.85. The highest BCUT2D eigenvalue weighted by Gasteiger charge is 1.93. The van der Waals surface area contributed by atoms with Crippen LogP contribution in [0.3, 0.4) is 0 Å². The van der Waals surface area contributed by atoms with Gasteiger partial charge in [-0.1, -0.05) is 30.0 Å². The third-order valence-electron chi connectivity index (χ3n) is 1.35. The Morgan fingerprint density at radius 1 is 1.23 bits per heavy atom. The van der Waals surface area contributed by atoms with E-state index in [9.17, 15) is 0 Å². The fraction of sp³-hybridized carbons (Fsp3) is 0.222. The van der Waals surface area contributed by atoms with Crippen molar-refractivity contribution in [1.29, 1.82) is 5.41 Å². The van der Waals surface area contributed by atoms with E-state index in [4.69, 9.17) is 11.1 Å². The van der Waals surface area contributed by atoms with E-state index in [0.717, 1.165) is 11.5 Å². The summed E-state index contributed by atoms with van der Waals surface area (Å²) in [6.07, 6.45) is 0. The lowest BCUT2D eigenvalue weighted by molar-refractivity contribution is 1.44. The van der Waals surface area contributed by atoms with Gasteiger partial charge in [0.05, 0.1) is 0 Å². The average molecular weight is 212 g/mol. The van der Waals surface area contributed by atoms with E-state index >= 15 is 0 Å². The smallest absolute Gasteiger partial charge is 0.151 e. The fourth-order valence-electron chi connectivity index (χ4n) is 0.828. The van der Waals surface area contributed by atoms with Crippen LogP contribution in [0.4, 0.5) is 0 Å². The van der Waals surface area contributed by atoms with Gasteiger partial charge in [0.25, 0.3) is 0 Å². The van der Waals surface area contributed by atoms with Crippen LogP contribution in [-0.2, 0) is 0 Å². The number of thioether (sulfide) groups is 2. The van der Waals surface area contributed by atoms with Crippen molar-refractivity contribution in [1.82, 2.24) is 0 Å². The maximum atomic E-state index is 7.01. The number of benzene rings is 1. The molecule has 0 aliphatic heterocycles. The molecule has 0 unspecified atom stereocenters. The van der Waals surface area contributed by atoms with E-state index < -0.39 is 0 Å². The Kier molecular flexibility index (Phi) is 4.78. The number of amidine groups is 1. The van der Waals surface area contributed by atoms with E-state index in [1.54, 1.807) is 11.8 Å². The van der Waals surface area contributed by atoms with Gasteiger partial charge in [-0.05, 0) is 12.1 Å². The standard InChI is InChI=1S/C9H12N2S2/c10-9(11)13-7-6-12-8-4-2-1-3-5-8/h1-5H,6-7H2,(H3,10,11). The lowest BCUT2D eigenvalue weighted by Gasteiger charge is -1.99. The van der Waals surface area contributed by atoms with Crippen LogP contribution < -0.4 is 5.73 Å². The molecule has 0 atom stereocenters. The summed E-state index contributed by atoms with van der Waals surface area (Å²) >= 11 is 3.18. The summed E-state index contributed by atoms with van der Waals surface area (Å²) in [6.45, 7) is 0. The predicted molar refractivity (Wildman–Crippen MR) is 61.5 cm³/mol. The minimum absolute atomic E-state index is 0.202. The molecular weight excluding hydrogens is 200 g/mol. The first-order chi connectivity index (χ1) is 6.29. The van der Waals surface area contributed by atoms with Crippen molar-refractivity contribution in [3.8, 4) is 0 Å². The molecule has 0 aliphatic carbocycles. The Labute approximate surface area is 86.8 Å². The van der Waals surface area contributed by atoms with E-state index in [1.165, 1.54) is 16.7 Å². The van der Waals surface area contributed by atoms with Crippen molar-refractivity contribution in [2.45, 2.75) is 4.90 Å². The first-order valence-corrected chi connectivity index (χ1v) is 5.91. The lowest BCUT2D eigenvalue weighted by atomic mass is 10.4. The Morgan fingerprint density at radius 3 is 2.54 bits per heavy atom. The molecule has 13 heavy (non-hydrogen) atoms. The minimum atomic E-state index is 0.202. The van der Waals surface area contributed by atoms with Gasteiger partial charge in [0, 0.05) is 16.4 Å². The van der Waals surface area contributed by atoms with Crippen LogP contribution in [0.15, 0.2) is 35.2 Å². The molecule has 3 N–H and O–H groups in total. The van der Waals surface area contributed by atoms with Crippen LogP contribution in [0.2, 0.25) is 0 Å². The third-order valence-corrected chi connectivity index (χ3v) is 3.34. The van der Waals surface area contributed by atoms with E-state index in [0.29, 0.717) is 0 Å². The zero-order valence-electron chi connectivity index (χ0n) is 7.19. The zero-order valence-corrected chi connectivity index (χ0v) is 8.83. The van der Waals surface area contributed by atoms with Crippen LogP contribution >= 0.6 is 23.5 Å². The monoisotopic (exact) mass is 212 g/mol. The van der Waals surface area contributed by atoms with Crippen molar-refractivity contribution < 1.29 is 0 Å². The van der Waals surface area contributed by atoms with Gasteiger partial charge in [0.1, 0.15) is 0 Å². The molecule has 70 valence electrons. The summed E-state index contributed by atoms with van der Waals surface area (Å²) in [5.41, 5.74) is 5.21. The lowest BCUT2D eigenvalue weighted by Crippen LogP contribution is -2.05. The Hall–Kier alpha value is -0.610. The number of rotatable bonds is 4. The highest BCUT2D eigenvalue weighted by atomic mass is 32.2. The molecule has 0 heterocycles. The number of nitrogens with one attached hydrogen (secondary N) is 1. The summed E-state index contributed by atoms with van der Waals surface area (Å²) in [6, 6.07) is 10.2. The van der Waals surface area contributed by atoms with E-state index in [2.05, 4.69) is 12.1 Å². The van der Waals surface area contributed by atoms with Gasteiger partial charge in [-0.25, -0.2) is 0 Å². The molecule has 0 fully saturated rings. The van der Waals surface area contributed by atoms with Crippen molar-refractivity contribution >= 4 is 28.7 Å².